The second-order valence-electron chi connectivity index (χ2n) is 20.5. The molecule has 13 aromatic carbocycles. The van der Waals surface area contributed by atoms with Crippen LogP contribution >= 0.6 is 0 Å². The minimum absolute atomic E-state index is 1.06. The van der Waals surface area contributed by atoms with Crippen molar-refractivity contribution in [1.82, 2.24) is 0 Å². The van der Waals surface area contributed by atoms with Crippen molar-refractivity contribution in [3.05, 3.63) is 327 Å². The van der Waals surface area contributed by atoms with E-state index in [4.69, 9.17) is 0 Å². The molecule has 0 aromatic heterocycles. The van der Waals surface area contributed by atoms with Gasteiger partial charge in [0.2, 0.25) is 0 Å². The first-order valence-corrected chi connectivity index (χ1v) is 27.4. The lowest BCUT2D eigenvalue weighted by Gasteiger charge is -2.29. The van der Waals surface area contributed by atoms with Crippen LogP contribution in [0, 0.1) is 13.8 Å². The molecule has 0 spiro atoms. The molecule has 4 heteroatoms. The van der Waals surface area contributed by atoms with Gasteiger partial charge < -0.3 is 19.6 Å². The monoisotopic (exact) mass is 1030 g/mol. The van der Waals surface area contributed by atoms with Crippen molar-refractivity contribution in [2.24, 2.45) is 0 Å². The summed E-state index contributed by atoms with van der Waals surface area (Å²) in [4.78, 5) is 9.36. The van der Waals surface area contributed by atoms with Crippen LogP contribution in [0.25, 0.3) is 43.8 Å². The van der Waals surface area contributed by atoms with E-state index in [9.17, 15) is 0 Å². The van der Waals surface area contributed by atoms with Gasteiger partial charge in [0.25, 0.3) is 0 Å². The van der Waals surface area contributed by atoms with E-state index in [2.05, 4.69) is 349 Å². The summed E-state index contributed by atoms with van der Waals surface area (Å²) in [5.41, 5.74) is 20.2. The maximum Gasteiger partial charge on any atom is 0.0468 e. The Bertz CT molecular complexity index is 3960. The Morgan fingerprint density at radius 1 is 0.163 bits per heavy atom. The fourth-order valence-electron chi connectivity index (χ4n) is 11.1. The van der Waals surface area contributed by atoms with Crippen LogP contribution in [0.15, 0.2) is 315 Å². The van der Waals surface area contributed by atoms with Crippen molar-refractivity contribution in [2.45, 2.75) is 13.8 Å². The van der Waals surface area contributed by atoms with Gasteiger partial charge in [-0.15, -0.1) is 0 Å². The highest BCUT2D eigenvalue weighted by Crippen LogP contribution is 2.43. The van der Waals surface area contributed by atoms with Crippen LogP contribution in [-0.2, 0) is 0 Å². The van der Waals surface area contributed by atoms with Gasteiger partial charge in [0.15, 0.2) is 0 Å². The zero-order valence-corrected chi connectivity index (χ0v) is 44.8. The van der Waals surface area contributed by atoms with Crippen LogP contribution in [0.1, 0.15) is 11.1 Å². The highest BCUT2D eigenvalue weighted by molar-refractivity contribution is 5.92. The Morgan fingerprint density at radius 2 is 0.388 bits per heavy atom. The van der Waals surface area contributed by atoms with Gasteiger partial charge in [-0.2, -0.15) is 0 Å². The lowest BCUT2D eigenvalue weighted by Crippen LogP contribution is -2.12. The molecule has 0 radical (unpaired) electrons. The molecule has 0 atom stereocenters. The first-order valence-electron chi connectivity index (χ1n) is 27.4. The molecule has 0 aliphatic carbocycles. The Labute approximate surface area is 469 Å². The number of hydrogen-bond acceptors (Lipinski definition) is 4. The average Bonchev–Trinajstić information content (AvgIpc) is 3.54. The van der Waals surface area contributed by atoms with E-state index in [-0.39, 0.29) is 0 Å². The Balaban J connectivity index is 0.825. The summed E-state index contributed by atoms with van der Waals surface area (Å²) in [7, 11) is 0. The molecule has 0 aliphatic heterocycles. The second kappa shape index (κ2) is 21.9. The van der Waals surface area contributed by atoms with Gasteiger partial charge in [0, 0.05) is 68.2 Å². The molecule has 0 amide bonds. The number of hydrogen-bond donors (Lipinski definition) is 0. The van der Waals surface area contributed by atoms with Crippen molar-refractivity contribution >= 4 is 89.8 Å². The Hall–Kier alpha value is -10.4. The minimum Gasteiger partial charge on any atom is -0.310 e. The molecule has 0 fully saturated rings. The number of rotatable bonds is 14. The lowest BCUT2D eigenvalue weighted by molar-refractivity contribution is 1.26. The zero-order valence-electron chi connectivity index (χ0n) is 44.8. The number of nitrogens with zero attached hydrogens (tertiary/aromatic N) is 4. The van der Waals surface area contributed by atoms with Gasteiger partial charge in [-0.05, 0) is 214 Å². The van der Waals surface area contributed by atoms with Crippen molar-refractivity contribution in [1.29, 1.82) is 0 Å². The summed E-state index contributed by atoms with van der Waals surface area (Å²) in [6.45, 7) is 4.29. The summed E-state index contributed by atoms with van der Waals surface area (Å²) in [5, 5.41) is 4.80. The van der Waals surface area contributed by atoms with Crippen LogP contribution in [0.2, 0.25) is 0 Å². The molecule has 0 N–H and O–H groups in total. The highest BCUT2D eigenvalue weighted by atomic mass is 15.2. The summed E-state index contributed by atoms with van der Waals surface area (Å²) in [5.74, 6) is 0. The molecule has 0 unspecified atom stereocenters. The largest absolute Gasteiger partial charge is 0.310 e. The van der Waals surface area contributed by atoms with Crippen LogP contribution in [-0.4, -0.2) is 0 Å². The SMILES string of the molecule is Cc1cccc(N(c2ccccc2)c2ccc(-c3ccc(N(c4ccc(N(c5ccc(-c6ccc(N(c7ccccc7)c7cccc(C)c7)cc6)cc5)c5ccc6ccccc6c5)cc4)c4ccc5ccccc5c4)cc3)cc2)c1. The number of benzene rings is 13. The van der Waals surface area contributed by atoms with Crippen molar-refractivity contribution in [2.75, 3.05) is 19.6 Å². The van der Waals surface area contributed by atoms with E-state index in [1.807, 2.05) is 0 Å². The van der Waals surface area contributed by atoms with Gasteiger partial charge in [-0.3, -0.25) is 0 Å². The first-order chi connectivity index (χ1) is 39.5. The molecule has 80 heavy (non-hydrogen) atoms. The van der Waals surface area contributed by atoms with Crippen LogP contribution in [0.3, 0.4) is 0 Å². The predicted molar refractivity (Wildman–Crippen MR) is 341 cm³/mol. The average molecular weight is 1030 g/mol. The van der Waals surface area contributed by atoms with E-state index in [1.165, 1.54) is 32.7 Å². The van der Waals surface area contributed by atoms with E-state index >= 15 is 0 Å². The normalized spacial score (nSPS) is 11.1. The van der Waals surface area contributed by atoms with Gasteiger partial charge in [0.1, 0.15) is 0 Å². The smallest absolute Gasteiger partial charge is 0.0468 e. The van der Waals surface area contributed by atoms with E-state index in [1.54, 1.807) is 0 Å². The fourth-order valence-corrected chi connectivity index (χ4v) is 11.1. The number of fused-ring (bicyclic) bond motifs is 2. The molecule has 4 nitrogen and oxygen atoms in total. The zero-order chi connectivity index (χ0) is 53.8. The number of anilines is 12. The second-order valence-corrected chi connectivity index (χ2v) is 20.5. The third-order valence-corrected chi connectivity index (χ3v) is 15.1. The first kappa shape index (κ1) is 49.2. The van der Waals surface area contributed by atoms with E-state index in [0.717, 1.165) is 90.5 Å². The maximum absolute atomic E-state index is 2.36. The number of para-hydroxylation sites is 2. The molecule has 0 aliphatic rings. The van der Waals surface area contributed by atoms with Gasteiger partial charge in [-0.1, -0.05) is 170 Å². The quantitative estimate of drug-likeness (QED) is 0.108. The van der Waals surface area contributed by atoms with Crippen molar-refractivity contribution in [3.8, 4) is 22.3 Å². The third kappa shape index (κ3) is 10.2. The molecule has 13 aromatic rings. The Morgan fingerprint density at radius 3 is 0.688 bits per heavy atom. The maximum atomic E-state index is 2.36. The number of aryl methyl sites for hydroxylation is 2. The predicted octanol–water partition coefficient (Wildman–Crippen LogP) is 21.8. The van der Waals surface area contributed by atoms with Crippen LogP contribution in [0.5, 0.6) is 0 Å². The van der Waals surface area contributed by atoms with E-state index < -0.39 is 0 Å². The van der Waals surface area contributed by atoms with Crippen molar-refractivity contribution in [3.63, 3.8) is 0 Å². The fraction of sp³-hybridized carbons (Fsp3) is 0.0263. The standard InChI is InChI=1S/C76H58N4/c1-55-15-13-25-73(51-55)77(65-21-5-3-6-22-65)67-37-27-59(28-38-67)61-31-41-69(42-32-61)79(75-45-35-57-17-9-11-19-63(57)53-75)71-47-49-72(50-48-71)80(76-46-36-58-18-10-12-20-64(58)54-76)70-43-33-62(34-44-70)60-29-39-68(40-30-60)78(66-23-7-4-8-24-66)74-26-14-16-56(2)52-74/h3-54H,1-2H3. The molecule has 0 saturated heterocycles. The molecule has 13 rings (SSSR count). The summed E-state index contributed by atoms with van der Waals surface area (Å²) in [6, 6.07) is 114. The highest BCUT2D eigenvalue weighted by Gasteiger charge is 2.19. The van der Waals surface area contributed by atoms with E-state index in [0.29, 0.717) is 0 Å². The Kier molecular flexibility index (Phi) is 13.5. The van der Waals surface area contributed by atoms with Crippen LogP contribution in [0.4, 0.5) is 68.2 Å². The summed E-state index contributed by atoms with van der Waals surface area (Å²) in [6.07, 6.45) is 0. The van der Waals surface area contributed by atoms with Gasteiger partial charge in [-0.25, -0.2) is 0 Å². The van der Waals surface area contributed by atoms with Crippen LogP contribution < -0.4 is 19.6 Å². The summed E-state index contributed by atoms with van der Waals surface area (Å²) >= 11 is 0. The topological polar surface area (TPSA) is 13.0 Å². The van der Waals surface area contributed by atoms with Gasteiger partial charge in [0.05, 0.1) is 0 Å². The van der Waals surface area contributed by atoms with Gasteiger partial charge >= 0.3 is 0 Å². The molecule has 0 bridgehead atoms. The molecule has 382 valence electrons. The summed E-state index contributed by atoms with van der Waals surface area (Å²) < 4.78 is 0. The molecular weight excluding hydrogens is 969 g/mol. The van der Waals surface area contributed by atoms with Crippen molar-refractivity contribution < 1.29 is 0 Å². The molecular formula is C76H58N4. The molecule has 0 saturated carbocycles. The molecule has 0 heterocycles. The third-order valence-electron chi connectivity index (χ3n) is 15.1. The minimum atomic E-state index is 1.06. The lowest BCUT2D eigenvalue weighted by atomic mass is 10.0.